The summed E-state index contributed by atoms with van der Waals surface area (Å²) in [5.74, 6) is 0.993. The first-order chi connectivity index (χ1) is 9.20. The number of ether oxygens (including phenoxy) is 1. The van der Waals surface area contributed by atoms with Gasteiger partial charge in [0.05, 0.1) is 23.4 Å². The van der Waals surface area contributed by atoms with Crippen molar-refractivity contribution < 1.29 is 4.74 Å². The normalized spacial score (nSPS) is 19.7. The molecule has 0 amide bonds. The SMILES string of the molecule is CCCNCc1nc(N2CCOC(C)C2)ccc1Cl. The number of nitrogens with one attached hydrogen (secondary N) is 1. The van der Waals surface area contributed by atoms with Gasteiger partial charge >= 0.3 is 0 Å². The van der Waals surface area contributed by atoms with Crippen molar-refractivity contribution in [1.82, 2.24) is 10.3 Å². The molecule has 1 aliphatic rings. The summed E-state index contributed by atoms with van der Waals surface area (Å²) in [6.07, 6.45) is 1.37. The third kappa shape index (κ3) is 4.06. The first-order valence-corrected chi connectivity index (χ1v) is 7.31. The van der Waals surface area contributed by atoms with Crippen LogP contribution in [0.2, 0.25) is 5.02 Å². The van der Waals surface area contributed by atoms with Crippen LogP contribution in [-0.4, -0.2) is 37.3 Å². The van der Waals surface area contributed by atoms with Crippen LogP contribution >= 0.6 is 11.6 Å². The zero-order chi connectivity index (χ0) is 13.7. The monoisotopic (exact) mass is 283 g/mol. The summed E-state index contributed by atoms with van der Waals surface area (Å²) in [5, 5.41) is 4.07. The quantitative estimate of drug-likeness (QED) is 0.843. The van der Waals surface area contributed by atoms with E-state index in [9.17, 15) is 0 Å². The summed E-state index contributed by atoms with van der Waals surface area (Å²) < 4.78 is 5.56. The van der Waals surface area contributed by atoms with Gasteiger partial charge in [-0.3, -0.25) is 0 Å². The van der Waals surface area contributed by atoms with Gasteiger partial charge < -0.3 is 15.0 Å². The molecule has 0 aromatic carbocycles. The Labute approximate surface area is 120 Å². The molecule has 106 valence electrons. The molecule has 1 aromatic heterocycles. The lowest BCUT2D eigenvalue weighted by Gasteiger charge is -2.32. The largest absolute Gasteiger partial charge is 0.375 e. The number of aromatic nitrogens is 1. The van der Waals surface area contributed by atoms with Crippen LogP contribution in [0.4, 0.5) is 5.82 Å². The molecule has 4 nitrogen and oxygen atoms in total. The zero-order valence-corrected chi connectivity index (χ0v) is 12.4. The first kappa shape index (κ1) is 14.6. The van der Waals surface area contributed by atoms with Gasteiger partial charge in [0.15, 0.2) is 0 Å². The average Bonchev–Trinajstić information content (AvgIpc) is 2.41. The second-order valence-corrected chi connectivity index (χ2v) is 5.31. The highest BCUT2D eigenvalue weighted by molar-refractivity contribution is 6.31. The molecule has 1 fully saturated rings. The molecule has 0 radical (unpaired) electrons. The predicted octanol–water partition coefficient (Wildman–Crippen LogP) is 2.46. The van der Waals surface area contributed by atoms with E-state index in [0.717, 1.165) is 55.7 Å². The molecule has 1 atom stereocenters. The number of nitrogens with zero attached hydrogens (tertiary/aromatic N) is 2. The van der Waals surface area contributed by atoms with Crippen LogP contribution in [-0.2, 0) is 11.3 Å². The van der Waals surface area contributed by atoms with E-state index in [4.69, 9.17) is 16.3 Å². The van der Waals surface area contributed by atoms with Gasteiger partial charge in [-0.15, -0.1) is 0 Å². The van der Waals surface area contributed by atoms with E-state index in [1.54, 1.807) is 0 Å². The summed E-state index contributed by atoms with van der Waals surface area (Å²) >= 11 is 6.20. The Morgan fingerprint density at radius 3 is 3.11 bits per heavy atom. The molecule has 0 saturated carbocycles. The van der Waals surface area contributed by atoms with Crippen molar-refractivity contribution in [3.63, 3.8) is 0 Å². The van der Waals surface area contributed by atoms with Gasteiger partial charge in [0.25, 0.3) is 0 Å². The molecule has 0 bridgehead atoms. The van der Waals surface area contributed by atoms with Crippen molar-refractivity contribution in [3.05, 3.63) is 22.8 Å². The van der Waals surface area contributed by atoms with Crippen molar-refractivity contribution in [1.29, 1.82) is 0 Å². The Bertz CT molecular complexity index is 414. The van der Waals surface area contributed by atoms with Gasteiger partial charge in [-0.2, -0.15) is 0 Å². The number of hydrogen-bond acceptors (Lipinski definition) is 4. The molecule has 1 unspecified atom stereocenters. The number of anilines is 1. The van der Waals surface area contributed by atoms with E-state index in [-0.39, 0.29) is 6.10 Å². The smallest absolute Gasteiger partial charge is 0.129 e. The second-order valence-electron chi connectivity index (χ2n) is 4.90. The highest BCUT2D eigenvalue weighted by Crippen LogP contribution is 2.21. The van der Waals surface area contributed by atoms with E-state index in [1.165, 1.54) is 0 Å². The third-order valence-electron chi connectivity index (χ3n) is 3.19. The van der Waals surface area contributed by atoms with Gasteiger partial charge in [-0.1, -0.05) is 18.5 Å². The van der Waals surface area contributed by atoms with E-state index < -0.39 is 0 Å². The molecule has 2 heterocycles. The Balaban J connectivity index is 2.06. The van der Waals surface area contributed by atoms with Crippen molar-refractivity contribution in [2.45, 2.75) is 32.9 Å². The second kappa shape index (κ2) is 7.08. The maximum Gasteiger partial charge on any atom is 0.129 e. The summed E-state index contributed by atoms with van der Waals surface area (Å²) in [5.41, 5.74) is 0.923. The molecular weight excluding hydrogens is 262 g/mol. The minimum Gasteiger partial charge on any atom is -0.375 e. The van der Waals surface area contributed by atoms with Crippen molar-refractivity contribution >= 4 is 17.4 Å². The number of pyridine rings is 1. The molecule has 1 aliphatic heterocycles. The van der Waals surface area contributed by atoms with Gasteiger partial charge in [-0.25, -0.2) is 4.98 Å². The number of halogens is 1. The highest BCUT2D eigenvalue weighted by atomic mass is 35.5. The standard InChI is InChI=1S/C14H22ClN3O/c1-3-6-16-9-13-12(15)4-5-14(17-13)18-7-8-19-11(2)10-18/h4-5,11,16H,3,6-10H2,1-2H3. The van der Waals surface area contributed by atoms with Crippen LogP contribution in [0, 0.1) is 0 Å². The zero-order valence-electron chi connectivity index (χ0n) is 11.7. The predicted molar refractivity (Wildman–Crippen MR) is 78.9 cm³/mol. The first-order valence-electron chi connectivity index (χ1n) is 6.93. The Hall–Kier alpha value is -0.840. The van der Waals surface area contributed by atoms with E-state index in [1.807, 2.05) is 12.1 Å². The van der Waals surface area contributed by atoms with Crippen LogP contribution in [0.5, 0.6) is 0 Å². The fourth-order valence-corrected chi connectivity index (χ4v) is 2.36. The molecule has 5 heteroatoms. The van der Waals surface area contributed by atoms with Crippen LogP contribution in [0.15, 0.2) is 12.1 Å². The van der Waals surface area contributed by atoms with Crippen LogP contribution in [0.3, 0.4) is 0 Å². The minimum absolute atomic E-state index is 0.257. The molecule has 1 aromatic rings. The lowest BCUT2D eigenvalue weighted by molar-refractivity contribution is 0.0529. The molecule has 1 saturated heterocycles. The number of hydrogen-bond donors (Lipinski definition) is 1. The third-order valence-corrected chi connectivity index (χ3v) is 3.53. The van der Waals surface area contributed by atoms with Crippen LogP contribution in [0.25, 0.3) is 0 Å². The maximum absolute atomic E-state index is 6.20. The highest BCUT2D eigenvalue weighted by Gasteiger charge is 2.18. The Morgan fingerprint density at radius 2 is 2.37 bits per heavy atom. The average molecular weight is 284 g/mol. The van der Waals surface area contributed by atoms with E-state index >= 15 is 0 Å². The van der Waals surface area contributed by atoms with Gasteiger partial charge in [0.1, 0.15) is 5.82 Å². The summed E-state index contributed by atoms with van der Waals surface area (Å²) in [7, 11) is 0. The molecular formula is C14H22ClN3O. The van der Waals surface area contributed by atoms with Gasteiger partial charge in [0, 0.05) is 19.6 Å². The van der Waals surface area contributed by atoms with Gasteiger partial charge in [-0.05, 0) is 32.0 Å². The Kier molecular flexibility index (Phi) is 5.43. The van der Waals surface area contributed by atoms with Crippen molar-refractivity contribution in [3.8, 4) is 0 Å². The van der Waals surface area contributed by atoms with Crippen molar-refractivity contribution in [2.75, 3.05) is 31.1 Å². The van der Waals surface area contributed by atoms with Crippen molar-refractivity contribution in [2.24, 2.45) is 0 Å². The lowest BCUT2D eigenvalue weighted by atomic mass is 10.2. The molecule has 2 rings (SSSR count). The Morgan fingerprint density at radius 1 is 1.53 bits per heavy atom. The lowest BCUT2D eigenvalue weighted by Crippen LogP contribution is -2.41. The van der Waals surface area contributed by atoms with E-state index in [2.05, 4.69) is 29.0 Å². The molecule has 0 spiro atoms. The molecule has 0 aliphatic carbocycles. The summed E-state index contributed by atoms with van der Waals surface area (Å²) in [6.45, 7) is 8.47. The summed E-state index contributed by atoms with van der Waals surface area (Å²) in [6, 6.07) is 3.93. The molecule has 19 heavy (non-hydrogen) atoms. The topological polar surface area (TPSA) is 37.4 Å². The fourth-order valence-electron chi connectivity index (χ4n) is 2.18. The maximum atomic E-state index is 6.20. The number of morpholine rings is 1. The minimum atomic E-state index is 0.257. The van der Waals surface area contributed by atoms with Crippen LogP contribution in [0.1, 0.15) is 26.0 Å². The summed E-state index contributed by atoms with van der Waals surface area (Å²) in [4.78, 5) is 6.94. The molecule has 1 N–H and O–H groups in total. The van der Waals surface area contributed by atoms with Crippen LogP contribution < -0.4 is 10.2 Å². The fraction of sp³-hybridized carbons (Fsp3) is 0.643. The van der Waals surface area contributed by atoms with E-state index in [0.29, 0.717) is 0 Å². The number of rotatable bonds is 5. The van der Waals surface area contributed by atoms with Gasteiger partial charge in [0.2, 0.25) is 0 Å².